The van der Waals surface area contributed by atoms with Crippen LogP contribution in [0, 0.1) is 5.92 Å². The lowest BCUT2D eigenvalue weighted by Crippen LogP contribution is -2.13. The Morgan fingerprint density at radius 1 is 1.42 bits per heavy atom. The van der Waals surface area contributed by atoms with Gasteiger partial charge in [0.2, 0.25) is 0 Å². The van der Waals surface area contributed by atoms with Gasteiger partial charge in [0.1, 0.15) is 0 Å². The van der Waals surface area contributed by atoms with E-state index in [0.717, 1.165) is 13.0 Å². The van der Waals surface area contributed by atoms with E-state index in [-0.39, 0.29) is 0 Å². The first-order valence-electron chi connectivity index (χ1n) is 4.17. The van der Waals surface area contributed by atoms with Crippen LogP contribution in [-0.2, 0) is 6.42 Å². The minimum Gasteiger partial charge on any atom is -0.330 e. The molecule has 0 fully saturated rings. The van der Waals surface area contributed by atoms with Gasteiger partial charge >= 0.3 is 0 Å². The van der Waals surface area contributed by atoms with Crippen molar-refractivity contribution in [1.82, 2.24) is 0 Å². The van der Waals surface area contributed by atoms with Gasteiger partial charge in [-0.2, -0.15) is 0 Å². The number of nitrogens with two attached hydrogens (primary N) is 1. The van der Waals surface area contributed by atoms with Crippen molar-refractivity contribution < 1.29 is 0 Å². The fraction of sp³-hybridized carbons (Fsp3) is 0.400. The molecule has 0 unspecified atom stereocenters. The van der Waals surface area contributed by atoms with E-state index in [4.69, 9.17) is 5.73 Å². The molecular formula is C10H14BrN. The molecule has 0 aromatic heterocycles. The summed E-state index contributed by atoms with van der Waals surface area (Å²) in [4.78, 5) is 0. The van der Waals surface area contributed by atoms with Gasteiger partial charge in [-0.25, -0.2) is 0 Å². The molecule has 12 heavy (non-hydrogen) atoms. The van der Waals surface area contributed by atoms with Gasteiger partial charge in [-0.3, -0.25) is 0 Å². The molecule has 0 aliphatic rings. The third kappa shape index (κ3) is 2.61. The zero-order valence-electron chi connectivity index (χ0n) is 7.26. The third-order valence-corrected chi connectivity index (χ3v) is 2.70. The maximum Gasteiger partial charge on any atom is 0.0207 e. The maximum atomic E-state index is 5.55. The van der Waals surface area contributed by atoms with Crippen molar-refractivity contribution >= 4 is 15.9 Å². The molecule has 0 heterocycles. The van der Waals surface area contributed by atoms with E-state index in [0.29, 0.717) is 5.92 Å². The predicted molar refractivity (Wildman–Crippen MR) is 56.1 cm³/mol. The molecular weight excluding hydrogens is 214 g/mol. The number of rotatable bonds is 3. The van der Waals surface area contributed by atoms with Crippen molar-refractivity contribution in [2.75, 3.05) is 6.54 Å². The lowest BCUT2D eigenvalue weighted by atomic mass is 10.0. The first-order chi connectivity index (χ1) is 5.74. The summed E-state index contributed by atoms with van der Waals surface area (Å²) >= 11 is 3.51. The topological polar surface area (TPSA) is 26.0 Å². The number of halogens is 1. The lowest BCUT2D eigenvalue weighted by Gasteiger charge is -2.09. The van der Waals surface area contributed by atoms with Crippen LogP contribution in [0.3, 0.4) is 0 Å². The summed E-state index contributed by atoms with van der Waals surface area (Å²) in [6.45, 7) is 2.92. The molecule has 66 valence electrons. The largest absolute Gasteiger partial charge is 0.330 e. The molecule has 1 aromatic carbocycles. The first kappa shape index (κ1) is 9.75. The summed E-state index contributed by atoms with van der Waals surface area (Å²) in [6, 6.07) is 8.29. The minimum atomic E-state index is 0.559. The van der Waals surface area contributed by atoms with E-state index in [1.54, 1.807) is 0 Å². The van der Waals surface area contributed by atoms with E-state index in [2.05, 4.69) is 41.1 Å². The molecule has 0 aliphatic carbocycles. The van der Waals surface area contributed by atoms with Gasteiger partial charge in [-0.05, 0) is 30.5 Å². The van der Waals surface area contributed by atoms with E-state index < -0.39 is 0 Å². The molecule has 0 saturated carbocycles. The molecule has 0 bridgehead atoms. The van der Waals surface area contributed by atoms with Gasteiger partial charge < -0.3 is 5.73 Å². The average Bonchev–Trinajstić information content (AvgIpc) is 2.09. The Hall–Kier alpha value is -0.340. The summed E-state index contributed by atoms with van der Waals surface area (Å²) in [5.41, 5.74) is 6.90. The Bertz CT molecular complexity index is 247. The van der Waals surface area contributed by atoms with Gasteiger partial charge in [-0.15, -0.1) is 0 Å². The number of benzene rings is 1. The zero-order valence-corrected chi connectivity index (χ0v) is 8.84. The summed E-state index contributed by atoms with van der Waals surface area (Å²) < 4.78 is 1.19. The monoisotopic (exact) mass is 227 g/mol. The van der Waals surface area contributed by atoms with Crippen LogP contribution in [0.25, 0.3) is 0 Å². The van der Waals surface area contributed by atoms with Crippen molar-refractivity contribution in [3.05, 3.63) is 34.3 Å². The minimum absolute atomic E-state index is 0.559. The van der Waals surface area contributed by atoms with Crippen LogP contribution in [0.2, 0.25) is 0 Å². The van der Waals surface area contributed by atoms with Crippen LogP contribution in [0.15, 0.2) is 28.7 Å². The second-order valence-corrected chi connectivity index (χ2v) is 3.99. The fourth-order valence-electron chi connectivity index (χ4n) is 1.12. The van der Waals surface area contributed by atoms with Crippen LogP contribution in [-0.4, -0.2) is 6.54 Å². The number of hydrogen-bond donors (Lipinski definition) is 1. The van der Waals surface area contributed by atoms with E-state index in [1.807, 2.05) is 6.07 Å². The fourth-order valence-corrected chi connectivity index (χ4v) is 1.57. The summed E-state index contributed by atoms with van der Waals surface area (Å²) in [6.07, 6.45) is 1.05. The molecule has 0 aliphatic heterocycles. The van der Waals surface area contributed by atoms with Crippen LogP contribution in [0.4, 0.5) is 0 Å². The van der Waals surface area contributed by atoms with Crippen molar-refractivity contribution in [3.8, 4) is 0 Å². The summed E-state index contributed by atoms with van der Waals surface area (Å²) in [5, 5.41) is 0. The molecule has 0 radical (unpaired) electrons. The van der Waals surface area contributed by atoms with Crippen molar-refractivity contribution in [1.29, 1.82) is 0 Å². The molecule has 1 nitrogen and oxygen atoms in total. The Morgan fingerprint density at radius 3 is 2.67 bits per heavy atom. The first-order valence-corrected chi connectivity index (χ1v) is 4.96. The van der Waals surface area contributed by atoms with Gasteiger partial charge in [0.25, 0.3) is 0 Å². The van der Waals surface area contributed by atoms with Crippen LogP contribution in [0.5, 0.6) is 0 Å². The Kier molecular flexibility index (Phi) is 3.76. The normalized spacial score (nSPS) is 12.9. The van der Waals surface area contributed by atoms with Crippen molar-refractivity contribution in [2.45, 2.75) is 13.3 Å². The molecule has 1 atom stereocenters. The van der Waals surface area contributed by atoms with Crippen LogP contribution >= 0.6 is 15.9 Å². The highest BCUT2D eigenvalue weighted by atomic mass is 79.9. The van der Waals surface area contributed by atoms with Crippen molar-refractivity contribution in [2.24, 2.45) is 11.7 Å². The second kappa shape index (κ2) is 4.63. The zero-order chi connectivity index (χ0) is 8.97. The Morgan fingerprint density at radius 2 is 2.08 bits per heavy atom. The van der Waals surface area contributed by atoms with Crippen LogP contribution < -0.4 is 5.73 Å². The summed E-state index contributed by atoms with van der Waals surface area (Å²) in [5.74, 6) is 0.559. The quantitative estimate of drug-likeness (QED) is 0.845. The van der Waals surface area contributed by atoms with Gasteiger partial charge in [-0.1, -0.05) is 41.1 Å². The summed E-state index contributed by atoms with van der Waals surface area (Å²) in [7, 11) is 0. The standard InChI is InChI=1S/C10H14BrN/c1-8(7-12)6-9-4-2-3-5-10(9)11/h2-5,8H,6-7,12H2,1H3/t8-/m1/s1. The average molecular weight is 228 g/mol. The molecule has 2 heteroatoms. The molecule has 0 spiro atoms. The molecule has 1 aromatic rings. The van der Waals surface area contributed by atoms with Gasteiger partial charge in [0.05, 0.1) is 0 Å². The molecule has 2 N–H and O–H groups in total. The highest BCUT2D eigenvalue weighted by molar-refractivity contribution is 9.10. The SMILES string of the molecule is C[C@@H](CN)Cc1ccccc1Br. The molecule has 0 amide bonds. The smallest absolute Gasteiger partial charge is 0.0207 e. The number of hydrogen-bond acceptors (Lipinski definition) is 1. The van der Waals surface area contributed by atoms with Gasteiger partial charge in [0.15, 0.2) is 0 Å². The highest BCUT2D eigenvalue weighted by Crippen LogP contribution is 2.18. The lowest BCUT2D eigenvalue weighted by molar-refractivity contribution is 0.592. The van der Waals surface area contributed by atoms with E-state index in [1.165, 1.54) is 10.0 Å². The van der Waals surface area contributed by atoms with Crippen molar-refractivity contribution in [3.63, 3.8) is 0 Å². The third-order valence-electron chi connectivity index (χ3n) is 1.93. The van der Waals surface area contributed by atoms with Crippen LogP contribution in [0.1, 0.15) is 12.5 Å². The Labute approximate surface area is 82.1 Å². The highest BCUT2D eigenvalue weighted by Gasteiger charge is 2.03. The van der Waals surface area contributed by atoms with Gasteiger partial charge in [0, 0.05) is 4.47 Å². The predicted octanol–water partition coefficient (Wildman–Crippen LogP) is 2.59. The molecule has 0 saturated heterocycles. The van der Waals surface area contributed by atoms with E-state index in [9.17, 15) is 0 Å². The second-order valence-electron chi connectivity index (χ2n) is 3.14. The van der Waals surface area contributed by atoms with E-state index >= 15 is 0 Å². The Balaban J connectivity index is 2.69. The maximum absolute atomic E-state index is 5.55. The molecule has 1 rings (SSSR count).